The Labute approximate surface area is 236 Å². The van der Waals surface area contributed by atoms with Crippen LogP contribution in [0.4, 0.5) is 0 Å². The third-order valence-corrected chi connectivity index (χ3v) is 8.20. The van der Waals surface area contributed by atoms with Gasteiger partial charge in [-0.1, -0.05) is 55.7 Å². The van der Waals surface area contributed by atoms with E-state index < -0.39 is 12.1 Å². The summed E-state index contributed by atoms with van der Waals surface area (Å²) in [6.45, 7) is 4.30. The van der Waals surface area contributed by atoms with Gasteiger partial charge in [0.2, 0.25) is 5.89 Å². The van der Waals surface area contributed by atoms with Gasteiger partial charge in [0.15, 0.2) is 0 Å². The Bertz CT molecular complexity index is 1290. The molecule has 5 rings (SSSR count). The Morgan fingerprint density at radius 3 is 2.48 bits per heavy atom. The molecule has 40 heavy (non-hydrogen) atoms. The SMILES string of the molecule is Cc1coc(C2CCCN2C(=O)c2cccc(C(=O)NC(C)C(O)C(NC3CCCCC3)c3ccccc3)c2)n1. The van der Waals surface area contributed by atoms with Gasteiger partial charge in [-0.25, -0.2) is 4.98 Å². The predicted octanol–water partition coefficient (Wildman–Crippen LogP) is 5.10. The van der Waals surface area contributed by atoms with Crippen LogP contribution in [-0.2, 0) is 0 Å². The van der Waals surface area contributed by atoms with Gasteiger partial charge < -0.3 is 25.1 Å². The first-order chi connectivity index (χ1) is 19.4. The summed E-state index contributed by atoms with van der Waals surface area (Å²) in [5.74, 6) is 0.0729. The van der Waals surface area contributed by atoms with Crippen molar-refractivity contribution < 1.29 is 19.1 Å². The number of hydrogen-bond acceptors (Lipinski definition) is 6. The van der Waals surface area contributed by atoms with Crippen LogP contribution in [0.3, 0.4) is 0 Å². The number of carbonyl (C=O) groups excluding carboxylic acids is 2. The fraction of sp³-hybridized carbons (Fsp3) is 0.469. The van der Waals surface area contributed by atoms with Crippen LogP contribution in [0.5, 0.6) is 0 Å². The lowest BCUT2D eigenvalue weighted by molar-refractivity contribution is 0.0702. The Hall–Kier alpha value is -3.49. The molecule has 3 aromatic rings. The largest absolute Gasteiger partial charge is 0.446 e. The molecule has 1 aliphatic heterocycles. The zero-order valence-corrected chi connectivity index (χ0v) is 23.4. The average molecular weight is 545 g/mol. The number of rotatable bonds is 9. The molecule has 1 saturated heterocycles. The molecule has 1 aromatic heterocycles. The van der Waals surface area contributed by atoms with Gasteiger partial charge in [0, 0.05) is 23.7 Å². The van der Waals surface area contributed by atoms with Crippen molar-refractivity contribution in [3.8, 4) is 0 Å². The van der Waals surface area contributed by atoms with Crippen LogP contribution in [0.25, 0.3) is 0 Å². The average Bonchev–Trinajstić information content (AvgIpc) is 3.65. The summed E-state index contributed by atoms with van der Waals surface area (Å²) in [6.07, 6.45) is 8.22. The van der Waals surface area contributed by atoms with Crippen molar-refractivity contribution in [3.05, 3.63) is 89.1 Å². The highest BCUT2D eigenvalue weighted by atomic mass is 16.3. The molecule has 1 saturated carbocycles. The molecule has 1 aliphatic carbocycles. The first-order valence-electron chi connectivity index (χ1n) is 14.5. The molecular weight excluding hydrogens is 504 g/mol. The third-order valence-electron chi connectivity index (χ3n) is 8.20. The highest BCUT2D eigenvalue weighted by molar-refractivity contribution is 6.00. The summed E-state index contributed by atoms with van der Waals surface area (Å²) in [5, 5.41) is 18.1. The first-order valence-corrected chi connectivity index (χ1v) is 14.5. The van der Waals surface area contributed by atoms with E-state index in [1.807, 2.05) is 44.2 Å². The molecule has 2 aromatic carbocycles. The van der Waals surface area contributed by atoms with Gasteiger partial charge in [0.25, 0.3) is 11.8 Å². The standard InChI is InChI=1S/C32H40N4O4/c1-21-20-40-31(33-21)27-17-10-18-36(27)32(39)25-14-9-13-24(19-25)30(38)34-22(2)29(37)28(23-11-5-3-6-12-23)35-26-15-7-4-8-16-26/h3,5-6,9,11-14,19-20,22,26-29,35,37H,4,7-8,10,15-18H2,1-2H3,(H,34,38). The van der Waals surface area contributed by atoms with Crippen molar-refractivity contribution in [2.24, 2.45) is 0 Å². The number of aromatic nitrogens is 1. The molecule has 0 spiro atoms. The van der Waals surface area contributed by atoms with Crippen LogP contribution in [0.1, 0.15) is 102 Å². The maximum atomic E-state index is 13.5. The zero-order chi connectivity index (χ0) is 28.1. The molecule has 0 bridgehead atoms. The van der Waals surface area contributed by atoms with Gasteiger partial charge in [0.05, 0.1) is 23.9 Å². The number of oxazole rings is 1. The number of aryl methyl sites for hydroxylation is 1. The van der Waals surface area contributed by atoms with E-state index in [9.17, 15) is 14.7 Å². The van der Waals surface area contributed by atoms with Crippen LogP contribution in [0, 0.1) is 6.92 Å². The molecule has 2 amide bonds. The van der Waals surface area contributed by atoms with E-state index in [-0.39, 0.29) is 23.9 Å². The van der Waals surface area contributed by atoms with Crippen molar-refractivity contribution in [2.75, 3.05) is 6.54 Å². The Balaban J connectivity index is 1.27. The molecule has 8 heteroatoms. The van der Waals surface area contributed by atoms with Crippen molar-refractivity contribution >= 4 is 11.8 Å². The van der Waals surface area contributed by atoms with Crippen molar-refractivity contribution in [2.45, 2.75) is 89.1 Å². The number of aliphatic hydroxyl groups excluding tert-OH is 1. The first kappa shape index (κ1) is 28.1. The Kier molecular flexibility index (Phi) is 8.97. The summed E-state index contributed by atoms with van der Waals surface area (Å²) in [5.41, 5.74) is 2.60. The molecule has 2 heterocycles. The second kappa shape index (κ2) is 12.8. The zero-order valence-electron chi connectivity index (χ0n) is 23.4. The molecule has 4 unspecified atom stereocenters. The second-order valence-corrected chi connectivity index (χ2v) is 11.2. The minimum absolute atomic E-state index is 0.151. The number of amides is 2. The van der Waals surface area contributed by atoms with Gasteiger partial charge in [-0.05, 0) is 63.3 Å². The summed E-state index contributed by atoms with van der Waals surface area (Å²) in [4.78, 5) is 33.0. The van der Waals surface area contributed by atoms with E-state index in [1.165, 1.54) is 19.3 Å². The third kappa shape index (κ3) is 6.45. The summed E-state index contributed by atoms with van der Waals surface area (Å²) in [6, 6.07) is 16.0. The van der Waals surface area contributed by atoms with E-state index in [2.05, 4.69) is 15.6 Å². The maximum absolute atomic E-state index is 13.5. The number of benzene rings is 2. The predicted molar refractivity (Wildman–Crippen MR) is 153 cm³/mol. The highest BCUT2D eigenvalue weighted by Crippen LogP contribution is 2.33. The lowest BCUT2D eigenvalue weighted by Gasteiger charge is -2.34. The van der Waals surface area contributed by atoms with E-state index in [0.29, 0.717) is 29.6 Å². The van der Waals surface area contributed by atoms with E-state index in [0.717, 1.165) is 36.9 Å². The van der Waals surface area contributed by atoms with Crippen LogP contribution >= 0.6 is 0 Å². The highest BCUT2D eigenvalue weighted by Gasteiger charge is 2.34. The maximum Gasteiger partial charge on any atom is 0.254 e. The molecule has 2 fully saturated rings. The molecular formula is C32H40N4O4. The quantitative estimate of drug-likeness (QED) is 0.346. The number of likely N-dealkylation sites (tertiary alicyclic amines) is 1. The summed E-state index contributed by atoms with van der Waals surface area (Å²) >= 11 is 0. The van der Waals surface area contributed by atoms with Crippen molar-refractivity contribution in [1.29, 1.82) is 0 Å². The molecule has 0 radical (unpaired) electrons. The fourth-order valence-electron chi connectivity index (χ4n) is 5.99. The Morgan fingerprint density at radius 1 is 1.00 bits per heavy atom. The molecule has 8 nitrogen and oxygen atoms in total. The lowest BCUT2D eigenvalue weighted by atomic mass is 9.91. The van der Waals surface area contributed by atoms with Gasteiger partial charge in [0.1, 0.15) is 12.3 Å². The normalized spacial score (nSPS) is 20.2. The Morgan fingerprint density at radius 2 is 1.75 bits per heavy atom. The van der Waals surface area contributed by atoms with E-state index in [1.54, 1.807) is 35.4 Å². The number of nitrogens with one attached hydrogen (secondary N) is 2. The van der Waals surface area contributed by atoms with Crippen LogP contribution in [-0.4, -0.2) is 51.5 Å². The van der Waals surface area contributed by atoms with E-state index >= 15 is 0 Å². The van der Waals surface area contributed by atoms with Gasteiger partial charge >= 0.3 is 0 Å². The lowest BCUT2D eigenvalue weighted by Crippen LogP contribution is -2.49. The molecule has 3 N–H and O–H groups in total. The number of hydrogen-bond donors (Lipinski definition) is 3. The topological polar surface area (TPSA) is 108 Å². The van der Waals surface area contributed by atoms with Gasteiger partial charge in [-0.3, -0.25) is 9.59 Å². The number of carbonyl (C=O) groups is 2. The minimum Gasteiger partial charge on any atom is -0.446 e. The second-order valence-electron chi connectivity index (χ2n) is 11.2. The number of aliphatic hydroxyl groups is 1. The minimum atomic E-state index is -0.840. The van der Waals surface area contributed by atoms with Crippen molar-refractivity contribution in [1.82, 2.24) is 20.5 Å². The summed E-state index contributed by atoms with van der Waals surface area (Å²) < 4.78 is 5.59. The van der Waals surface area contributed by atoms with Crippen LogP contribution < -0.4 is 10.6 Å². The molecule has 2 aliphatic rings. The van der Waals surface area contributed by atoms with Gasteiger partial charge in [-0.15, -0.1) is 0 Å². The van der Waals surface area contributed by atoms with Crippen LogP contribution in [0.15, 0.2) is 65.3 Å². The van der Waals surface area contributed by atoms with E-state index in [4.69, 9.17) is 4.42 Å². The smallest absolute Gasteiger partial charge is 0.254 e. The molecule has 4 atom stereocenters. The van der Waals surface area contributed by atoms with Crippen LogP contribution in [0.2, 0.25) is 0 Å². The van der Waals surface area contributed by atoms with Crippen molar-refractivity contribution in [3.63, 3.8) is 0 Å². The summed E-state index contributed by atoms with van der Waals surface area (Å²) in [7, 11) is 0. The molecule has 212 valence electrons. The van der Waals surface area contributed by atoms with Gasteiger partial charge in [-0.2, -0.15) is 0 Å². The monoisotopic (exact) mass is 544 g/mol. The number of nitrogens with zero attached hydrogens (tertiary/aromatic N) is 2. The fourth-order valence-corrected chi connectivity index (χ4v) is 5.99.